The van der Waals surface area contributed by atoms with Gasteiger partial charge in [0.1, 0.15) is 4.24 Å². The molecule has 2 aromatic carbocycles. The summed E-state index contributed by atoms with van der Waals surface area (Å²) in [6.45, 7) is 1.93. The van der Waals surface area contributed by atoms with Crippen molar-refractivity contribution in [2.45, 2.75) is 11.8 Å². The van der Waals surface area contributed by atoms with Crippen molar-refractivity contribution >= 4 is 39.3 Å². The van der Waals surface area contributed by atoms with E-state index in [-0.39, 0.29) is 0 Å². The number of sulfone groups is 1. The third-order valence-corrected chi connectivity index (χ3v) is 6.42. The lowest BCUT2D eigenvalue weighted by Crippen LogP contribution is -2.02. The largest absolute Gasteiger partial charge is 0.218 e. The molecule has 0 saturated heterocycles. The van der Waals surface area contributed by atoms with Gasteiger partial charge in [-0.15, -0.1) is 11.8 Å². The maximum Gasteiger partial charge on any atom is 0.212 e. The van der Waals surface area contributed by atoms with Gasteiger partial charge in [0.15, 0.2) is 0 Å². The van der Waals surface area contributed by atoms with Crippen LogP contribution in [0.2, 0.25) is 5.02 Å². The van der Waals surface area contributed by atoms with E-state index in [2.05, 4.69) is 0 Å². The topological polar surface area (TPSA) is 34.1 Å². The molecule has 0 atom stereocenters. The van der Waals surface area contributed by atoms with Crippen LogP contribution in [0, 0.1) is 6.92 Å². The number of aryl methyl sites for hydroxylation is 1. The molecule has 0 amide bonds. The van der Waals surface area contributed by atoms with Crippen LogP contribution in [0.4, 0.5) is 0 Å². The number of hydrogen-bond donors (Lipinski definition) is 0. The summed E-state index contributed by atoms with van der Waals surface area (Å²) in [5.74, 6) is 0. The molecular weight excluding hydrogens is 324 g/mol. The zero-order valence-corrected chi connectivity index (χ0v) is 14.1. The quantitative estimate of drug-likeness (QED) is 0.804. The Morgan fingerprint density at radius 3 is 2.14 bits per heavy atom. The van der Waals surface area contributed by atoms with Crippen LogP contribution in [0.3, 0.4) is 0 Å². The van der Waals surface area contributed by atoms with Gasteiger partial charge in [-0.2, -0.15) is 0 Å². The maximum atomic E-state index is 12.6. The van der Waals surface area contributed by atoms with Gasteiger partial charge >= 0.3 is 0 Å². The molecule has 0 saturated carbocycles. The van der Waals surface area contributed by atoms with Gasteiger partial charge in [0.2, 0.25) is 9.84 Å². The van der Waals surface area contributed by atoms with E-state index in [0.29, 0.717) is 14.2 Å². The fourth-order valence-corrected chi connectivity index (χ4v) is 4.34. The Labute approximate surface area is 134 Å². The average Bonchev–Trinajstić information content (AvgIpc) is 2.47. The van der Waals surface area contributed by atoms with Crippen LogP contribution in [0.1, 0.15) is 11.1 Å². The minimum atomic E-state index is -3.49. The Kier molecular flexibility index (Phi) is 5.14. The van der Waals surface area contributed by atoms with Crippen molar-refractivity contribution in [1.82, 2.24) is 0 Å². The fourth-order valence-electron chi connectivity index (χ4n) is 1.77. The molecule has 0 radical (unpaired) electrons. The molecule has 2 nitrogen and oxygen atoms in total. The number of thioether (sulfide) groups is 1. The highest BCUT2D eigenvalue weighted by Gasteiger charge is 2.19. The van der Waals surface area contributed by atoms with Gasteiger partial charge in [-0.25, -0.2) is 8.42 Å². The first-order valence-electron chi connectivity index (χ1n) is 6.26. The molecule has 2 aromatic rings. The number of halogens is 1. The van der Waals surface area contributed by atoms with Gasteiger partial charge in [-0.05, 0) is 49.1 Å². The molecule has 0 fully saturated rings. The van der Waals surface area contributed by atoms with Crippen LogP contribution in [0.15, 0.2) is 57.7 Å². The third-order valence-electron chi connectivity index (χ3n) is 2.95. The monoisotopic (exact) mass is 338 g/mol. The smallest absolute Gasteiger partial charge is 0.212 e. The highest BCUT2D eigenvalue weighted by Crippen LogP contribution is 2.29. The van der Waals surface area contributed by atoms with Crippen molar-refractivity contribution in [3.63, 3.8) is 0 Å². The van der Waals surface area contributed by atoms with E-state index in [0.717, 1.165) is 11.1 Å². The van der Waals surface area contributed by atoms with Crippen LogP contribution in [-0.2, 0) is 9.84 Å². The Hall–Kier alpha value is -1.23. The molecular formula is C16H15ClO2S2. The van der Waals surface area contributed by atoms with E-state index in [1.807, 2.05) is 6.92 Å². The van der Waals surface area contributed by atoms with E-state index < -0.39 is 9.84 Å². The summed E-state index contributed by atoms with van der Waals surface area (Å²) in [6, 6.07) is 13.9. The first-order chi connectivity index (χ1) is 9.93. The number of rotatable bonds is 4. The highest BCUT2D eigenvalue weighted by molar-refractivity contribution is 8.18. The minimum absolute atomic E-state index is 0.308. The molecule has 0 aliphatic rings. The van der Waals surface area contributed by atoms with Crippen LogP contribution < -0.4 is 0 Å². The van der Waals surface area contributed by atoms with Crippen LogP contribution in [-0.4, -0.2) is 14.7 Å². The van der Waals surface area contributed by atoms with Gasteiger partial charge in [0.05, 0.1) is 4.90 Å². The highest BCUT2D eigenvalue weighted by atomic mass is 35.5. The molecule has 0 heterocycles. The van der Waals surface area contributed by atoms with E-state index >= 15 is 0 Å². The fraction of sp³-hybridized carbons (Fsp3) is 0.125. The maximum absolute atomic E-state index is 12.6. The van der Waals surface area contributed by atoms with Gasteiger partial charge in [-0.3, -0.25) is 0 Å². The Bertz CT molecular complexity index is 746. The minimum Gasteiger partial charge on any atom is -0.218 e. The van der Waals surface area contributed by atoms with E-state index in [4.69, 9.17) is 11.6 Å². The van der Waals surface area contributed by atoms with Crippen molar-refractivity contribution in [3.8, 4) is 0 Å². The van der Waals surface area contributed by atoms with Gasteiger partial charge in [-0.1, -0.05) is 41.4 Å². The predicted molar refractivity (Wildman–Crippen MR) is 91.3 cm³/mol. The lowest BCUT2D eigenvalue weighted by Gasteiger charge is -2.07. The van der Waals surface area contributed by atoms with Gasteiger partial charge in [0.25, 0.3) is 0 Å². The van der Waals surface area contributed by atoms with Crippen LogP contribution in [0.5, 0.6) is 0 Å². The molecule has 21 heavy (non-hydrogen) atoms. The Balaban J connectivity index is 2.44. The summed E-state index contributed by atoms with van der Waals surface area (Å²) in [7, 11) is -3.49. The van der Waals surface area contributed by atoms with E-state index in [1.54, 1.807) is 60.9 Å². The lowest BCUT2D eigenvalue weighted by molar-refractivity contribution is 0.604. The summed E-state index contributed by atoms with van der Waals surface area (Å²) < 4.78 is 25.6. The van der Waals surface area contributed by atoms with Crippen molar-refractivity contribution in [1.29, 1.82) is 0 Å². The summed E-state index contributed by atoms with van der Waals surface area (Å²) in [5.41, 5.74) is 1.83. The molecule has 0 N–H and O–H groups in total. The first kappa shape index (κ1) is 16.1. The Morgan fingerprint density at radius 1 is 1.05 bits per heavy atom. The lowest BCUT2D eigenvalue weighted by atomic mass is 10.2. The summed E-state index contributed by atoms with van der Waals surface area (Å²) in [5, 5.41) is 0.624. The zero-order valence-electron chi connectivity index (χ0n) is 11.7. The second kappa shape index (κ2) is 6.69. The number of benzene rings is 2. The van der Waals surface area contributed by atoms with Crippen molar-refractivity contribution in [2.24, 2.45) is 0 Å². The van der Waals surface area contributed by atoms with E-state index in [1.165, 1.54) is 11.8 Å². The molecule has 110 valence electrons. The van der Waals surface area contributed by atoms with Crippen LogP contribution in [0.25, 0.3) is 6.08 Å². The second-order valence-corrected chi connectivity index (χ2v) is 8.00. The molecule has 0 aromatic heterocycles. The van der Waals surface area contributed by atoms with Gasteiger partial charge in [0, 0.05) is 5.02 Å². The summed E-state index contributed by atoms with van der Waals surface area (Å²) >= 11 is 7.05. The first-order valence-corrected chi connectivity index (χ1v) is 9.35. The third kappa shape index (κ3) is 3.90. The zero-order chi connectivity index (χ0) is 15.5. The molecule has 0 bridgehead atoms. The predicted octanol–water partition coefficient (Wildman–Crippen LogP) is 4.78. The summed E-state index contributed by atoms with van der Waals surface area (Å²) in [6.07, 6.45) is 3.42. The normalized spacial score (nSPS) is 12.4. The second-order valence-electron chi connectivity index (χ2n) is 4.54. The van der Waals surface area contributed by atoms with Crippen LogP contribution >= 0.6 is 23.4 Å². The van der Waals surface area contributed by atoms with E-state index in [9.17, 15) is 8.42 Å². The Morgan fingerprint density at radius 2 is 1.62 bits per heavy atom. The molecule has 5 heteroatoms. The average molecular weight is 339 g/mol. The molecule has 0 aliphatic carbocycles. The molecule has 0 aliphatic heterocycles. The standard InChI is InChI=1S/C16H15ClO2S2/c1-12-3-9-15(10-4-12)21(18,19)16(20-2)11-13-5-7-14(17)8-6-13/h3-11H,1-2H3/b16-11+. The molecule has 0 spiro atoms. The van der Waals surface area contributed by atoms with Crippen molar-refractivity contribution in [3.05, 3.63) is 68.9 Å². The summed E-state index contributed by atoms with van der Waals surface area (Å²) in [4.78, 5) is 0.308. The van der Waals surface area contributed by atoms with Crippen molar-refractivity contribution in [2.75, 3.05) is 6.26 Å². The van der Waals surface area contributed by atoms with Crippen molar-refractivity contribution < 1.29 is 8.42 Å². The number of hydrogen-bond acceptors (Lipinski definition) is 3. The SMILES string of the molecule is CS/C(=C\c1ccc(Cl)cc1)S(=O)(=O)c1ccc(C)cc1. The molecule has 0 unspecified atom stereocenters. The molecule has 2 rings (SSSR count). The van der Waals surface area contributed by atoms with Gasteiger partial charge < -0.3 is 0 Å².